The Morgan fingerprint density at radius 1 is 1.67 bits per heavy atom. The molecule has 1 aromatic rings. The van der Waals surface area contributed by atoms with E-state index >= 15 is 0 Å². The number of ether oxygens (including phenoxy) is 1. The van der Waals surface area contributed by atoms with E-state index < -0.39 is 0 Å². The van der Waals surface area contributed by atoms with Gasteiger partial charge in [0.1, 0.15) is 0 Å². The normalized spacial score (nSPS) is 20.2. The second-order valence-electron chi connectivity index (χ2n) is 4.94. The monoisotopic (exact) mass is 268 g/mol. The van der Waals surface area contributed by atoms with Crippen molar-refractivity contribution in [3.8, 4) is 0 Å². The number of amides is 1. The van der Waals surface area contributed by atoms with Gasteiger partial charge in [-0.05, 0) is 17.4 Å². The second kappa shape index (κ2) is 6.20. The van der Waals surface area contributed by atoms with Gasteiger partial charge in [-0.25, -0.2) is 4.79 Å². The van der Waals surface area contributed by atoms with E-state index in [1.54, 1.807) is 16.2 Å². The van der Waals surface area contributed by atoms with E-state index in [1.165, 1.54) is 4.88 Å². The lowest BCUT2D eigenvalue weighted by Gasteiger charge is -2.32. The number of thiophene rings is 1. The van der Waals surface area contributed by atoms with Gasteiger partial charge in [-0.1, -0.05) is 19.9 Å². The van der Waals surface area contributed by atoms with Crippen LogP contribution in [0.3, 0.4) is 0 Å². The van der Waals surface area contributed by atoms with Crippen molar-refractivity contribution in [3.05, 3.63) is 22.4 Å². The predicted octanol–water partition coefficient (Wildman–Crippen LogP) is 2.49. The van der Waals surface area contributed by atoms with Gasteiger partial charge in [-0.2, -0.15) is 0 Å². The molecule has 1 amide bonds. The summed E-state index contributed by atoms with van der Waals surface area (Å²) < 4.78 is 5.27. The largest absolute Gasteiger partial charge is 0.449 e. The summed E-state index contributed by atoms with van der Waals surface area (Å²) in [4.78, 5) is 15.0. The molecule has 0 aliphatic carbocycles. The number of nitrogens with one attached hydrogen (secondary N) is 1. The minimum absolute atomic E-state index is 0.188. The highest BCUT2D eigenvalue weighted by Gasteiger charge is 2.25. The summed E-state index contributed by atoms with van der Waals surface area (Å²) in [6.45, 7) is 6.81. The van der Waals surface area contributed by atoms with Gasteiger partial charge in [0.15, 0.2) is 0 Å². The number of rotatable bonds is 3. The molecule has 0 spiro atoms. The topological polar surface area (TPSA) is 41.6 Å². The summed E-state index contributed by atoms with van der Waals surface area (Å²) in [5.74, 6) is 0.380. The van der Waals surface area contributed by atoms with Crippen LogP contribution in [-0.4, -0.2) is 37.2 Å². The van der Waals surface area contributed by atoms with Crippen LogP contribution < -0.4 is 5.32 Å². The summed E-state index contributed by atoms with van der Waals surface area (Å²) in [6.07, 6.45) is -0.188. The summed E-state index contributed by atoms with van der Waals surface area (Å²) in [7, 11) is 0. The summed E-state index contributed by atoms with van der Waals surface area (Å²) in [5.41, 5.74) is 0. The molecule has 18 heavy (non-hydrogen) atoms. The smallest absolute Gasteiger partial charge is 0.409 e. The van der Waals surface area contributed by atoms with Crippen LogP contribution in [0.4, 0.5) is 4.79 Å². The van der Waals surface area contributed by atoms with Crippen molar-refractivity contribution in [2.75, 3.05) is 26.2 Å². The molecule has 0 radical (unpaired) electrons. The fourth-order valence-electron chi connectivity index (χ4n) is 1.93. The fraction of sp³-hybridized carbons (Fsp3) is 0.615. The molecule has 1 aliphatic rings. The predicted molar refractivity (Wildman–Crippen MR) is 72.8 cm³/mol. The molecule has 1 unspecified atom stereocenters. The standard InChI is InChI=1S/C13H20N2O2S/c1-10(2)9-17-13(16)15-6-5-14-11(8-15)12-4-3-7-18-12/h3-4,7,10-11,14H,5-6,8-9H2,1-2H3. The third-order valence-electron chi connectivity index (χ3n) is 2.86. The number of hydrogen-bond donors (Lipinski definition) is 1. The number of hydrogen-bond acceptors (Lipinski definition) is 4. The van der Waals surface area contributed by atoms with Gasteiger partial charge >= 0.3 is 6.09 Å². The van der Waals surface area contributed by atoms with Crippen molar-refractivity contribution in [1.29, 1.82) is 0 Å². The van der Waals surface area contributed by atoms with E-state index in [0.29, 0.717) is 19.1 Å². The van der Waals surface area contributed by atoms with E-state index in [9.17, 15) is 4.79 Å². The molecular formula is C13H20N2O2S. The van der Waals surface area contributed by atoms with Gasteiger partial charge in [-0.15, -0.1) is 11.3 Å². The third kappa shape index (κ3) is 3.46. The highest BCUT2D eigenvalue weighted by molar-refractivity contribution is 7.10. The molecule has 0 saturated carbocycles. The summed E-state index contributed by atoms with van der Waals surface area (Å²) in [5, 5.41) is 5.49. The summed E-state index contributed by atoms with van der Waals surface area (Å²) in [6, 6.07) is 4.38. The van der Waals surface area contributed by atoms with E-state index in [1.807, 2.05) is 19.9 Å². The maximum absolute atomic E-state index is 11.9. The molecule has 1 aliphatic heterocycles. The molecule has 1 N–H and O–H groups in total. The van der Waals surface area contributed by atoms with Crippen LogP contribution in [0.5, 0.6) is 0 Å². The number of carbonyl (C=O) groups is 1. The van der Waals surface area contributed by atoms with Crippen molar-refractivity contribution in [2.24, 2.45) is 5.92 Å². The first-order valence-electron chi connectivity index (χ1n) is 6.35. The molecule has 5 heteroatoms. The number of piperazine rings is 1. The van der Waals surface area contributed by atoms with Gasteiger partial charge in [0.25, 0.3) is 0 Å². The molecule has 1 atom stereocenters. The Hall–Kier alpha value is -1.07. The molecule has 2 heterocycles. The zero-order valence-electron chi connectivity index (χ0n) is 10.9. The first kappa shape index (κ1) is 13.4. The van der Waals surface area contributed by atoms with Gasteiger partial charge in [0.2, 0.25) is 0 Å². The maximum Gasteiger partial charge on any atom is 0.409 e. The molecule has 1 saturated heterocycles. The van der Waals surface area contributed by atoms with Crippen molar-refractivity contribution in [3.63, 3.8) is 0 Å². The van der Waals surface area contributed by atoms with Crippen molar-refractivity contribution >= 4 is 17.4 Å². The lowest BCUT2D eigenvalue weighted by atomic mass is 10.2. The lowest BCUT2D eigenvalue weighted by Crippen LogP contribution is -2.48. The average molecular weight is 268 g/mol. The molecule has 0 aromatic carbocycles. The van der Waals surface area contributed by atoms with E-state index in [2.05, 4.69) is 16.8 Å². The SMILES string of the molecule is CC(C)COC(=O)N1CCNC(c2cccs2)C1. The fourth-order valence-corrected chi connectivity index (χ4v) is 2.72. The van der Waals surface area contributed by atoms with Gasteiger partial charge in [-0.3, -0.25) is 0 Å². The Bertz CT molecular complexity index is 378. The zero-order valence-corrected chi connectivity index (χ0v) is 11.7. The Labute approximate surface area is 112 Å². The minimum atomic E-state index is -0.188. The molecule has 100 valence electrons. The maximum atomic E-state index is 11.9. The Morgan fingerprint density at radius 3 is 3.17 bits per heavy atom. The van der Waals surface area contributed by atoms with Gasteiger partial charge in [0, 0.05) is 24.5 Å². The van der Waals surface area contributed by atoms with E-state index in [0.717, 1.165) is 13.1 Å². The Morgan fingerprint density at radius 2 is 2.50 bits per heavy atom. The third-order valence-corrected chi connectivity index (χ3v) is 3.85. The molecule has 2 rings (SSSR count). The average Bonchev–Trinajstić information content (AvgIpc) is 2.90. The quantitative estimate of drug-likeness (QED) is 0.915. The van der Waals surface area contributed by atoms with Gasteiger partial charge < -0.3 is 15.0 Å². The van der Waals surface area contributed by atoms with Crippen LogP contribution in [0.2, 0.25) is 0 Å². The highest BCUT2D eigenvalue weighted by atomic mass is 32.1. The number of nitrogens with zero attached hydrogens (tertiary/aromatic N) is 1. The van der Waals surface area contributed by atoms with Crippen molar-refractivity contribution in [1.82, 2.24) is 10.2 Å². The van der Waals surface area contributed by atoms with Crippen molar-refractivity contribution < 1.29 is 9.53 Å². The van der Waals surface area contributed by atoms with E-state index in [-0.39, 0.29) is 12.1 Å². The van der Waals surface area contributed by atoms with Crippen LogP contribution in [0, 0.1) is 5.92 Å². The second-order valence-corrected chi connectivity index (χ2v) is 5.92. The van der Waals surface area contributed by atoms with Crippen LogP contribution in [0.15, 0.2) is 17.5 Å². The molecule has 1 aromatic heterocycles. The lowest BCUT2D eigenvalue weighted by molar-refractivity contribution is 0.0817. The number of carbonyl (C=O) groups excluding carboxylic acids is 1. The molecule has 0 bridgehead atoms. The molecular weight excluding hydrogens is 248 g/mol. The van der Waals surface area contributed by atoms with Crippen LogP contribution in [-0.2, 0) is 4.74 Å². The molecule has 4 nitrogen and oxygen atoms in total. The Kier molecular flexibility index (Phi) is 4.60. The van der Waals surface area contributed by atoms with Gasteiger partial charge in [0.05, 0.1) is 12.6 Å². The highest BCUT2D eigenvalue weighted by Crippen LogP contribution is 2.22. The summed E-state index contributed by atoms with van der Waals surface area (Å²) >= 11 is 1.72. The molecule has 1 fully saturated rings. The Balaban J connectivity index is 1.88. The minimum Gasteiger partial charge on any atom is -0.449 e. The van der Waals surface area contributed by atoms with Crippen LogP contribution in [0.1, 0.15) is 24.8 Å². The zero-order chi connectivity index (χ0) is 13.0. The van der Waals surface area contributed by atoms with Crippen molar-refractivity contribution in [2.45, 2.75) is 19.9 Å². The first-order chi connectivity index (χ1) is 8.66. The van der Waals surface area contributed by atoms with Crippen LogP contribution in [0.25, 0.3) is 0 Å². The van der Waals surface area contributed by atoms with Crippen LogP contribution >= 0.6 is 11.3 Å². The van der Waals surface area contributed by atoms with E-state index in [4.69, 9.17) is 4.74 Å². The first-order valence-corrected chi connectivity index (χ1v) is 7.23.